The fourth-order valence-corrected chi connectivity index (χ4v) is 1.07. The molecule has 7 heteroatoms. The Labute approximate surface area is 77.9 Å². The number of hydrogen-bond donors (Lipinski definition) is 1. The molecule has 1 aromatic heterocycles. The van der Waals surface area contributed by atoms with Gasteiger partial charge in [-0.3, -0.25) is 10.1 Å². The summed E-state index contributed by atoms with van der Waals surface area (Å²) < 4.78 is 0. The second kappa shape index (κ2) is 3.21. The molecule has 0 saturated heterocycles. The van der Waals surface area contributed by atoms with Gasteiger partial charge in [0.1, 0.15) is 5.10 Å². The van der Waals surface area contributed by atoms with Crippen LogP contribution in [0.1, 0.15) is 0 Å². The number of tetrazole rings is 1. The Hall–Kier alpha value is -2.31. The minimum atomic E-state index is -0.455. The van der Waals surface area contributed by atoms with Crippen molar-refractivity contribution in [2.75, 3.05) is 0 Å². The molecule has 2 rings (SSSR count). The SMILES string of the molecule is O=[N+]([O-])c1cccc(-c2nn[nH][nH+]2)c1. The summed E-state index contributed by atoms with van der Waals surface area (Å²) >= 11 is 0. The Morgan fingerprint density at radius 3 is 3.00 bits per heavy atom. The first-order chi connectivity index (χ1) is 6.77. The Morgan fingerprint density at radius 1 is 1.50 bits per heavy atom. The van der Waals surface area contributed by atoms with Gasteiger partial charge in [-0.2, -0.15) is 5.10 Å². The number of aromatic amines is 2. The normalized spacial score (nSPS) is 10.0. The molecule has 2 aromatic rings. The van der Waals surface area contributed by atoms with Gasteiger partial charge in [-0.25, -0.2) is 0 Å². The highest BCUT2D eigenvalue weighted by Gasteiger charge is 2.13. The lowest BCUT2D eigenvalue weighted by Gasteiger charge is -1.91. The van der Waals surface area contributed by atoms with Crippen molar-refractivity contribution >= 4 is 5.69 Å². The fraction of sp³-hybridized carbons (Fsp3) is 0. The van der Waals surface area contributed by atoms with Crippen LogP contribution in [0.2, 0.25) is 0 Å². The molecule has 0 unspecified atom stereocenters. The summed E-state index contributed by atoms with van der Waals surface area (Å²) in [5.41, 5.74) is 0.645. The molecule has 0 radical (unpaired) electrons. The number of H-pyrrole nitrogens is 2. The van der Waals surface area contributed by atoms with Gasteiger partial charge >= 0.3 is 5.82 Å². The first-order valence-corrected chi connectivity index (χ1v) is 3.81. The van der Waals surface area contributed by atoms with Crippen LogP contribution in [0.25, 0.3) is 11.4 Å². The number of nitro groups is 1. The van der Waals surface area contributed by atoms with Gasteiger partial charge in [0.2, 0.25) is 0 Å². The zero-order valence-corrected chi connectivity index (χ0v) is 6.97. The van der Waals surface area contributed by atoms with Crippen molar-refractivity contribution in [1.29, 1.82) is 0 Å². The molecule has 0 fully saturated rings. The van der Waals surface area contributed by atoms with E-state index in [1.54, 1.807) is 12.1 Å². The molecular formula is C7H6N5O2+. The van der Waals surface area contributed by atoms with E-state index < -0.39 is 4.92 Å². The number of benzene rings is 1. The summed E-state index contributed by atoms with van der Waals surface area (Å²) in [5.74, 6) is 0.466. The number of nitro benzene ring substituents is 1. The van der Waals surface area contributed by atoms with Crippen LogP contribution in [0.5, 0.6) is 0 Å². The Balaban J connectivity index is 2.46. The molecule has 1 heterocycles. The number of nitrogens with one attached hydrogen (secondary N) is 2. The second-order valence-electron chi connectivity index (χ2n) is 2.59. The van der Waals surface area contributed by atoms with E-state index >= 15 is 0 Å². The largest absolute Gasteiger partial charge is 0.329 e. The molecule has 2 N–H and O–H groups in total. The molecule has 0 amide bonds. The van der Waals surface area contributed by atoms with Crippen LogP contribution in [0, 0.1) is 10.1 Å². The Kier molecular flexibility index (Phi) is 1.90. The second-order valence-corrected chi connectivity index (χ2v) is 2.59. The first-order valence-electron chi connectivity index (χ1n) is 3.81. The van der Waals surface area contributed by atoms with E-state index in [0.29, 0.717) is 11.4 Å². The predicted molar refractivity (Wildman–Crippen MR) is 45.0 cm³/mol. The maximum atomic E-state index is 10.5. The number of non-ortho nitro benzene ring substituents is 1. The van der Waals surface area contributed by atoms with Crippen LogP contribution >= 0.6 is 0 Å². The topological polar surface area (TPSA) is 98.9 Å². The smallest absolute Gasteiger partial charge is 0.258 e. The van der Waals surface area contributed by atoms with Gasteiger partial charge < -0.3 is 0 Å². The molecule has 0 saturated carbocycles. The third kappa shape index (κ3) is 1.42. The van der Waals surface area contributed by atoms with Crippen LogP contribution in [-0.2, 0) is 0 Å². The highest BCUT2D eigenvalue weighted by molar-refractivity contribution is 5.55. The van der Waals surface area contributed by atoms with Crippen molar-refractivity contribution in [3.8, 4) is 11.4 Å². The van der Waals surface area contributed by atoms with Gasteiger partial charge in [-0.05, 0) is 6.07 Å². The lowest BCUT2D eigenvalue weighted by atomic mass is 10.2. The van der Waals surface area contributed by atoms with E-state index in [2.05, 4.69) is 20.6 Å². The number of hydrogen-bond acceptors (Lipinski definition) is 4. The number of rotatable bonds is 2. The predicted octanol–water partition coefficient (Wildman–Crippen LogP) is 0.194. The van der Waals surface area contributed by atoms with Gasteiger partial charge in [0, 0.05) is 12.1 Å². The zero-order valence-electron chi connectivity index (χ0n) is 6.97. The first kappa shape index (κ1) is 8.30. The molecule has 7 nitrogen and oxygen atoms in total. The van der Waals surface area contributed by atoms with E-state index in [0.717, 1.165) is 0 Å². The highest BCUT2D eigenvalue weighted by atomic mass is 16.6. The molecular weight excluding hydrogens is 186 g/mol. The number of aromatic nitrogens is 4. The maximum Gasteiger partial charge on any atom is 0.329 e. The Morgan fingerprint density at radius 2 is 2.36 bits per heavy atom. The van der Waals surface area contributed by atoms with E-state index in [-0.39, 0.29) is 5.69 Å². The summed E-state index contributed by atoms with van der Waals surface area (Å²) in [7, 11) is 0. The minimum absolute atomic E-state index is 0.0268. The highest BCUT2D eigenvalue weighted by Crippen LogP contribution is 2.18. The van der Waals surface area contributed by atoms with Crippen molar-refractivity contribution in [2.24, 2.45) is 0 Å². The third-order valence-electron chi connectivity index (χ3n) is 1.70. The van der Waals surface area contributed by atoms with Crippen LogP contribution in [-0.4, -0.2) is 20.4 Å². The summed E-state index contributed by atoms with van der Waals surface area (Å²) in [5, 5.41) is 22.7. The van der Waals surface area contributed by atoms with Crippen LogP contribution in [0.4, 0.5) is 5.69 Å². The molecule has 0 aliphatic heterocycles. The van der Waals surface area contributed by atoms with Crippen molar-refractivity contribution in [2.45, 2.75) is 0 Å². The van der Waals surface area contributed by atoms with Crippen LogP contribution in [0.3, 0.4) is 0 Å². The lowest BCUT2D eigenvalue weighted by Crippen LogP contribution is -2.05. The van der Waals surface area contributed by atoms with Gasteiger partial charge in [-0.1, -0.05) is 11.3 Å². The summed E-state index contributed by atoms with van der Waals surface area (Å²) in [4.78, 5) is 10.0. The van der Waals surface area contributed by atoms with Crippen molar-refractivity contribution in [1.82, 2.24) is 15.5 Å². The zero-order chi connectivity index (χ0) is 9.97. The van der Waals surface area contributed by atoms with Gasteiger partial charge in [0.05, 0.1) is 10.5 Å². The third-order valence-corrected chi connectivity index (χ3v) is 1.70. The van der Waals surface area contributed by atoms with Gasteiger partial charge in [0.15, 0.2) is 5.21 Å². The molecule has 0 atom stereocenters. The van der Waals surface area contributed by atoms with Crippen molar-refractivity contribution in [3.05, 3.63) is 34.4 Å². The monoisotopic (exact) mass is 192 g/mol. The molecule has 0 aliphatic carbocycles. The molecule has 70 valence electrons. The summed E-state index contributed by atoms with van der Waals surface area (Å²) in [6.07, 6.45) is 0. The number of nitrogens with zero attached hydrogens (tertiary/aromatic N) is 3. The maximum absolute atomic E-state index is 10.5. The minimum Gasteiger partial charge on any atom is -0.258 e. The average molecular weight is 192 g/mol. The van der Waals surface area contributed by atoms with Crippen LogP contribution in [0.15, 0.2) is 24.3 Å². The van der Waals surface area contributed by atoms with Crippen molar-refractivity contribution in [3.63, 3.8) is 0 Å². The summed E-state index contributed by atoms with van der Waals surface area (Å²) in [6, 6.07) is 6.15. The fourth-order valence-electron chi connectivity index (χ4n) is 1.07. The van der Waals surface area contributed by atoms with E-state index in [1.165, 1.54) is 12.1 Å². The van der Waals surface area contributed by atoms with Gasteiger partial charge in [-0.15, -0.1) is 0 Å². The van der Waals surface area contributed by atoms with Crippen LogP contribution < -0.4 is 5.10 Å². The van der Waals surface area contributed by atoms with Gasteiger partial charge in [0.25, 0.3) is 5.69 Å². The molecule has 0 spiro atoms. The quantitative estimate of drug-likeness (QED) is 0.542. The molecule has 1 aromatic carbocycles. The van der Waals surface area contributed by atoms with Crippen molar-refractivity contribution < 1.29 is 10.0 Å². The average Bonchev–Trinajstić information content (AvgIpc) is 2.71. The van der Waals surface area contributed by atoms with E-state index in [1.807, 2.05) is 0 Å². The molecule has 14 heavy (non-hydrogen) atoms. The summed E-state index contributed by atoms with van der Waals surface area (Å²) in [6.45, 7) is 0. The Bertz CT molecular complexity index is 453. The van der Waals surface area contributed by atoms with E-state index in [9.17, 15) is 10.1 Å². The molecule has 0 aliphatic rings. The lowest BCUT2D eigenvalue weighted by molar-refractivity contribution is -0.444. The molecule has 0 bridgehead atoms. The van der Waals surface area contributed by atoms with E-state index in [4.69, 9.17) is 0 Å². The standard InChI is InChI=1S/C7H5N5O2/c13-12(14)6-3-1-2-5(4-6)7-8-10-11-9-7/h1-4H,(H,8,9,10,11)/p+1.